The topological polar surface area (TPSA) is 15.3 Å². The molecule has 1 aromatic rings. The Morgan fingerprint density at radius 3 is 2.89 bits per heavy atom. The van der Waals surface area contributed by atoms with Crippen molar-refractivity contribution in [1.29, 1.82) is 0 Å². The lowest BCUT2D eigenvalue weighted by molar-refractivity contribution is 0.117. The number of benzene rings is 1. The maximum atomic E-state index is 14.0. The zero-order valence-corrected chi connectivity index (χ0v) is 10.9. The van der Waals surface area contributed by atoms with E-state index in [1.54, 1.807) is 12.1 Å². The fraction of sp³-hybridized carbons (Fsp3) is 0.571. The highest BCUT2D eigenvalue weighted by Gasteiger charge is 2.32. The van der Waals surface area contributed by atoms with Gasteiger partial charge in [0, 0.05) is 11.6 Å². The van der Waals surface area contributed by atoms with Crippen LogP contribution in [0, 0.1) is 17.6 Å². The summed E-state index contributed by atoms with van der Waals surface area (Å²) in [6.07, 6.45) is 2.15. The molecule has 0 bridgehead atoms. The van der Waals surface area contributed by atoms with Crippen LogP contribution in [0.5, 0.6) is 0 Å². The Hall–Kier alpha value is -1.00. The summed E-state index contributed by atoms with van der Waals surface area (Å²) in [5.74, 6) is -1.13. The number of hydrogen-bond donors (Lipinski definition) is 1. The first-order chi connectivity index (χ1) is 8.65. The van der Waals surface area contributed by atoms with Crippen LogP contribution in [-0.2, 0) is 0 Å². The maximum Gasteiger partial charge on any atom is 0.163 e. The second-order valence-electron chi connectivity index (χ2n) is 5.03. The van der Waals surface area contributed by atoms with Gasteiger partial charge in [-0.15, -0.1) is 0 Å². The maximum absolute atomic E-state index is 14.0. The second kappa shape index (κ2) is 5.76. The lowest BCUT2D eigenvalue weighted by Crippen LogP contribution is -2.40. The summed E-state index contributed by atoms with van der Waals surface area (Å²) in [4.78, 5) is 2.13. The van der Waals surface area contributed by atoms with Crippen LogP contribution in [0.25, 0.3) is 0 Å². The van der Waals surface area contributed by atoms with Gasteiger partial charge in [-0.05, 0) is 52.0 Å². The molecule has 1 fully saturated rings. The second-order valence-corrected chi connectivity index (χ2v) is 5.03. The highest BCUT2D eigenvalue weighted by atomic mass is 19.2. The summed E-state index contributed by atoms with van der Waals surface area (Å²) in [5.41, 5.74) is 0.484. The van der Waals surface area contributed by atoms with Crippen LogP contribution in [0.4, 0.5) is 8.78 Å². The predicted octanol–water partition coefficient (Wildman–Crippen LogP) is 2.57. The van der Waals surface area contributed by atoms with Gasteiger partial charge < -0.3 is 5.32 Å². The molecule has 2 atom stereocenters. The van der Waals surface area contributed by atoms with Gasteiger partial charge in [-0.1, -0.05) is 12.1 Å². The Kier molecular flexibility index (Phi) is 4.30. The monoisotopic (exact) mass is 254 g/mol. The first-order valence-corrected chi connectivity index (χ1v) is 6.44. The Labute approximate surface area is 107 Å². The Morgan fingerprint density at radius 2 is 2.17 bits per heavy atom. The average molecular weight is 254 g/mol. The van der Waals surface area contributed by atoms with Crippen molar-refractivity contribution in [3.63, 3.8) is 0 Å². The van der Waals surface area contributed by atoms with Crippen molar-refractivity contribution >= 4 is 0 Å². The van der Waals surface area contributed by atoms with Crippen molar-refractivity contribution in [3.8, 4) is 0 Å². The Morgan fingerprint density at radius 1 is 1.39 bits per heavy atom. The van der Waals surface area contributed by atoms with E-state index in [4.69, 9.17) is 0 Å². The predicted molar refractivity (Wildman–Crippen MR) is 68.4 cm³/mol. The molecule has 1 aliphatic heterocycles. The quantitative estimate of drug-likeness (QED) is 0.892. The average Bonchev–Trinajstić information content (AvgIpc) is 2.34. The third-order valence-electron chi connectivity index (χ3n) is 3.77. The molecule has 2 nitrogen and oxygen atoms in total. The molecule has 100 valence electrons. The molecule has 1 aromatic carbocycles. The third-order valence-corrected chi connectivity index (χ3v) is 3.77. The lowest BCUT2D eigenvalue weighted by Gasteiger charge is -2.39. The number of likely N-dealkylation sites (tertiary alicyclic amines) is 1. The molecule has 1 aliphatic rings. The van der Waals surface area contributed by atoms with Crippen molar-refractivity contribution in [3.05, 3.63) is 35.4 Å². The zero-order chi connectivity index (χ0) is 13.1. The van der Waals surface area contributed by atoms with E-state index < -0.39 is 11.6 Å². The van der Waals surface area contributed by atoms with Crippen molar-refractivity contribution in [2.45, 2.75) is 18.9 Å². The van der Waals surface area contributed by atoms with E-state index >= 15 is 0 Å². The van der Waals surface area contributed by atoms with Gasteiger partial charge in [0.15, 0.2) is 11.6 Å². The fourth-order valence-corrected chi connectivity index (χ4v) is 2.98. The van der Waals surface area contributed by atoms with Crippen LogP contribution in [0.15, 0.2) is 18.2 Å². The first kappa shape index (κ1) is 13.4. The van der Waals surface area contributed by atoms with E-state index in [-0.39, 0.29) is 6.04 Å². The van der Waals surface area contributed by atoms with Gasteiger partial charge >= 0.3 is 0 Å². The largest absolute Gasteiger partial charge is 0.319 e. The molecule has 2 rings (SSSR count). The first-order valence-electron chi connectivity index (χ1n) is 6.44. The van der Waals surface area contributed by atoms with E-state index in [2.05, 4.69) is 10.2 Å². The minimum atomic E-state index is -0.755. The van der Waals surface area contributed by atoms with E-state index in [0.29, 0.717) is 11.5 Å². The third kappa shape index (κ3) is 2.54. The minimum Gasteiger partial charge on any atom is -0.319 e. The summed E-state index contributed by atoms with van der Waals surface area (Å²) in [6, 6.07) is 4.43. The van der Waals surface area contributed by atoms with Crippen LogP contribution in [-0.4, -0.2) is 32.1 Å². The zero-order valence-electron chi connectivity index (χ0n) is 10.9. The number of hydrogen-bond acceptors (Lipinski definition) is 2. The van der Waals surface area contributed by atoms with Crippen LogP contribution in [0.2, 0.25) is 0 Å². The van der Waals surface area contributed by atoms with E-state index in [0.717, 1.165) is 25.9 Å². The van der Waals surface area contributed by atoms with E-state index in [1.165, 1.54) is 6.07 Å². The molecule has 18 heavy (non-hydrogen) atoms. The lowest BCUT2D eigenvalue weighted by atomic mass is 9.84. The number of piperidine rings is 1. The van der Waals surface area contributed by atoms with Gasteiger partial charge in [0.1, 0.15) is 0 Å². The Balaban J connectivity index is 2.34. The summed E-state index contributed by atoms with van der Waals surface area (Å²) < 4.78 is 27.3. The summed E-state index contributed by atoms with van der Waals surface area (Å²) in [7, 11) is 3.88. The van der Waals surface area contributed by atoms with Gasteiger partial charge in [0.05, 0.1) is 0 Å². The summed E-state index contributed by atoms with van der Waals surface area (Å²) in [5, 5.41) is 3.15. The number of rotatable bonds is 3. The molecule has 1 saturated heterocycles. The molecule has 0 spiro atoms. The number of nitrogens with zero attached hydrogens (tertiary/aromatic N) is 1. The SMILES string of the molecule is CNCC1CCCN(C)C1c1cccc(F)c1F. The molecule has 0 saturated carbocycles. The summed E-state index contributed by atoms with van der Waals surface area (Å²) in [6.45, 7) is 1.76. The van der Waals surface area contributed by atoms with Gasteiger partial charge in [0.2, 0.25) is 0 Å². The smallest absolute Gasteiger partial charge is 0.163 e. The standard InChI is InChI=1S/C14H20F2N2/c1-17-9-10-5-4-8-18(2)14(10)11-6-3-7-12(15)13(11)16/h3,6-7,10,14,17H,4-5,8-9H2,1-2H3. The van der Waals surface area contributed by atoms with Crippen molar-refractivity contribution < 1.29 is 8.78 Å². The fourth-order valence-electron chi connectivity index (χ4n) is 2.98. The summed E-state index contributed by atoms with van der Waals surface area (Å²) >= 11 is 0. The molecule has 1 N–H and O–H groups in total. The van der Waals surface area contributed by atoms with Crippen LogP contribution in [0.3, 0.4) is 0 Å². The van der Waals surface area contributed by atoms with Crippen molar-refractivity contribution in [1.82, 2.24) is 10.2 Å². The molecule has 0 aromatic heterocycles. The molecular weight excluding hydrogens is 234 g/mol. The molecule has 4 heteroatoms. The molecular formula is C14H20F2N2. The highest BCUT2D eigenvalue weighted by Crippen LogP contribution is 2.36. The van der Waals surface area contributed by atoms with Crippen LogP contribution >= 0.6 is 0 Å². The van der Waals surface area contributed by atoms with E-state index in [9.17, 15) is 8.78 Å². The molecule has 0 radical (unpaired) electrons. The minimum absolute atomic E-state index is 0.0399. The van der Waals surface area contributed by atoms with Crippen molar-refractivity contribution in [2.75, 3.05) is 27.2 Å². The van der Waals surface area contributed by atoms with Crippen LogP contribution < -0.4 is 5.32 Å². The number of nitrogens with one attached hydrogen (secondary N) is 1. The molecule has 0 amide bonds. The Bertz CT molecular complexity index is 407. The van der Waals surface area contributed by atoms with Gasteiger partial charge in [-0.25, -0.2) is 8.78 Å². The molecule has 1 heterocycles. The molecule has 2 unspecified atom stereocenters. The molecule has 0 aliphatic carbocycles. The highest BCUT2D eigenvalue weighted by molar-refractivity contribution is 5.24. The van der Waals surface area contributed by atoms with Gasteiger partial charge in [0.25, 0.3) is 0 Å². The van der Waals surface area contributed by atoms with Crippen LogP contribution in [0.1, 0.15) is 24.4 Å². The normalized spacial score (nSPS) is 25.3. The van der Waals surface area contributed by atoms with Crippen molar-refractivity contribution in [2.24, 2.45) is 5.92 Å². The van der Waals surface area contributed by atoms with E-state index in [1.807, 2.05) is 14.1 Å². The van der Waals surface area contributed by atoms with Gasteiger partial charge in [-0.2, -0.15) is 0 Å². The van der Waals surface area contributed by atoms with Gasteiger partial charge in [-0.3, -0.25) is 4.90 Å². The number of halogens is 2.